The number of hydrogen-bond donors (Lipinski definition) is 0. The zero-order chi connectivity index (χ0) is 19.1. The molecule has 0 atom stereocenters. The SMILES string of the molecule is Fc1ccc(-c2nn(-c3ccc4nncn4n3)cc2-c2ccncc2)cc1F. The number of aromatic nitrogens is 7. The summed E-state index contributed by atoms with van der Waals surface area (Å²) >= 11 is 0. The Balaban J connectivity index is 1.71. The molecule has 0 fully saturated rings. The number of hydrogen-bond acceptors (Lipinski definition) is 5. The Morgan fingerprint density at radius 3 is 2.50 bits per heavy atom. The summed E-state index contributed by atoms with van der Waals surface area (Å²) in [6.07, 6.45) is 6.58. The van der Waals surface area contributed by atoms with Gasteiger partial charge in [0.1, 0.15) is 12.0 Å². The Morgan fingerprint density at radius 1 is 0.821 bits per heavy atom. The number of fused-ring (bicyclic) bond motifs is 1. The lowest BCUT2D eigenvalue weighted by atomic mass is 10.0. The zero-order valence-electron chi connectivity index (χ0n) is 14.2. The first-order valence-corrected chi connectivity index (χ1v) is 8.32. The van der Waals surface area contributed by atoms with E-state index in [1.54, 1.807) is 35.4 Å². The minimum atomic E-state index is -0.934. The maximum atomic E-state index is 13.8. The molecule has 0 spiro atoms. The standard InChI is InChI=1S/C19H11F2N7/c20-15-2-1-13(9-16(15)21)19-14(12-5-7-22-8-6-12)10-27(26-19)18-4-3-17-24-23-11-28(17)25-18/h1-11H. The van der Waals surface area contributed by atoms with Crippen LogP contribution in [-0.2, 0) is 0 Å². The summed E-state index contributed by atoms with van der Waals surface area (Å²) in [7, 11) is 0. The minimum Gasteiger partial charge on any atom is -0.265 e. The van der Waals surface area contributed by atoms with E-state index in [9.17, 15) is 8.78 Å². The summed E-state index contributed by atoms with van der Waals surface area (Å²) in [5.74, 6) is -1.32. The number of nitrogens with zero attached hydrogens (tertiary/aromatic N) is 7. The molecule has 0 aliphatic heterocycles. The first kappa shape index (κ1) is 16.2. The molecule has 5 aromatic rings. The van der Waals surface area contributed by atoms with Crippen molar-refractivity contribution < 1.29 is 8.78 Å². The van der Waals surface area contributed by atoms with Crippen LogP contribution in [0.25, 0.3) is 33.8 Å². The predicted molar refractivity (Wildman–Crippen MR) is 96.5 cm³/mol. The number of rotatable bonds is 3. The van der Waals surface area contributed by atoms with Gasteiger partial charge in [-0.25, -0.2) is 13.5 Å². The molecule has 0 radical (unpaired) electrons. The fraction of sp³-hybridized carbons (Fsp3) is 0. The molecule has 7 nitrogen and oxygen atoms in total. The molecule has 4 heterocycles. The van der Waals surface area contributed by atoms with Gasteiger partial charge in [0.2, 0.25) is 0 Å². The van der Waals surface area contributed by atoms with Crippen LogP contribution in [-0.4, -0.2) is 34.6 Å². The second-order valence-electron chi connectivity index (χ2n) is 6.03. The molecule has 5 rings (SSSR count). The second-order valence-corrected chi connectivity index (χ2v) is 6.03. The van der Waals surface area contributed by atoms with Gasteiger partial charge < -0.3 is 0 Å². The summed E-state index contributed by atoms with van der Waals surface area (Å²) in [5.41, 5.74) is 3.13. The van der Waals surface area contributed by atoms with E-state index in [0.717, 1.165) is 23.3 Å². The van der Waals surface area contributed by atoms with Crippen molar-refractivity contribution in [3.8, 4) is 28.2 Å². The summed E-state index contributed by atoms with van der Waals surface area (Å²) in [6.45, 7) is 0. The van der Waals surface area contributed by atoms with Gasteiger partial charge in [-0.3, -0.25) is 4.98 Å². The van der Waals surface area contributed by atoms with Crippen LogP contribution in [0.5, 0.6) is 0 Å². The van der Waals surface area contributed by atoms with Gasteiger partial charge in [-0.1, -0.05) is 0 Å². The fourth-order valence-electron chi connectivity index (χ4n) is 2.93. The number of halogens is 2. The lowest BCUT2D eigenvalue weighted by Gasteiger charge is -2.03. The Morgan fingerprint density at radius 2 is 1.68 bits per heavy atom. The Labute approximate surface area is 156 Å². The van der Waals surface area contributed by atoms with Crippen molar-refractivity contribution >= 4 is 5.65 Å². The van der Waals surface area contributed by atoms with Crippen molar-refractivity contribution in [2.45, 2.75) is 0 Å². The second kappa shape index (κ2) is 6.31. The molecule has 0 aliphatic carbocycles. The van der Waals surface area contributed by atoms with Gasteiger partial charge in [-0.05, 0) is 48.0 Å². The summed E-state index contributed by atoms with van der Waals surface area (Å²) in [6, 6.07) is 10.9. The highest BCUT2D eigenvalue weighted by molar-refractivity contribution is 5.80. The topological polar surface area (TPSA) is 73.8 Å². The van der Waals surface area contributed by atoms with Crippen molar-refractivity contribution in [3.63, 3.8) is 0 Å². The van der Waals surface area contributed by atoms with E-state index < -0.39 is 11.6 Å². The van der Waals surface area contributed by atoms with Gasteiger partial charge in [0.05, 0.1) is 0 Å². The lowest BCUT2D eigenvalue weighted by Crippen LogP contribution is -2.02. The molecule has 28 heavy (non-hydrogen) atoms. The molecule has 9 heteroatoms. The van der Waals surface area contributed by atoms with Crippen molar-refractivity contribution in [1.82, 2.24) is 34.6 Å². The third-order valence-corrected chi connectivity index (χ3v) is 4.28. The largest absolute Gasteiger partial charge is 0.265 e. The molecule has 136 valence electrons. The van der Waals surface area contributed by atoms with E-state index in [2.05, 4.69) is 25.4 Å². The smallest absolute Gasteiger partial charge is 0.177 e. The number of benzene rings is 1. The molecule has 0 N–H and O–H groups in total. The Hall–Kier alpha value is -4.01. The highest BCUT2D eigenvalue weighted by atomic mass is 19.2. The first-order valence-electron chi connectivity index (χ1n) is 8.32. The molecular formula is C19H11F2N7. The van der Waals surface area contributed by atoms with Crippen molar-refractivity contribution in [2.75, 3.05) is 0 Å². The first-order chi connectivity index (χ1) is 13.7. The normalized spacial score (nSPS) is 11.2. The molecular weight excluding hydrogens is 364 g/mol. The molecule has 0 saturated heterocycles. The van der Waals surface area contributed by atoms with Crippen LogP contribution in [0, 0.1) is 11.6 Å². The van der Waals surface area contributed by atoms with Crippen LogP contribution in [0.1, 0.15) is 0 Å². The van der Waals surface area contributed by atoms with Crippen molar-refractivity contribution in [1.29, 1.82) is 0 Å². The van der Waals surface area contributed by atoms with Gasteiger partial charge in [0.25, 0.3) is 0 Å². The third-order valence-electron chi connectivity index (χ3n) is 4.28. The van der Waals surface area contributed by atoms with E-state index in [0.29, 0.717) is 22.7 Å². The van der Waals surface area contributed by atoms with Crippen LogP contribution in [0.4, 0.5) is 8.78 Å². The maximum Gasteiger partial charge on any atom is 0.177 e. The van der Waals surface area contributed by atoms with E-state index in [1.165, 1.54) is 16.9 Å². The van der Waals surface area contributed by atoms with E-state index in [4.69, 9.17) is 0 Å². The molecule has 0 saturated carbocycles. The molecule has 0 unspecified atom stereocenters. The molecule has 0 amide bonds. The Kier molecular flexibility index (Phi) is 3.64. The molecule has 0 bridgehead atoms. The van der Waals surface area contributed by atoms with Crippen LogP contribution in [0.15, 0.2) is 67.4 Å². The van der Waals surface area contributed by atoms with Gasteiger partial charge in [-0.15, -0.1) is 15.3 Å². The molecule has 4 aromatic heterocycles. The summed E-state index contributed by atoms with van der Waals surface area (Å²) in [4.78, 5) is 4.03. The molecule has 1 aromatic carbocycles. The number of pyridine rings is 1. The van der Waals surface area contributed by atoms with Gasteiger partial charge in [0.15, 0.2) is 23.1 Å². The van der Waals surface area contributed by atoms with Gasteiger partial charge in [-0.2, -0.15) is 9.61 Å². The quantitative estimate of drug-likeness (QED) is 0.484. The Bertz CT molecular complexity index is 1290. The van der Waals surface area contributed by atoms with Crippen LogP contribution < -0.4 is 0 Å². The monoisotopic (exact) mass is 375 g/mol. The average Bonchev–Trinajstić information content (AvgIpc) is 3.37. The lowest BCUT2D eigenvalue weighted by molar-refractivity contribution is 0.509. The highest BCUT2D eigenvalue weighted by Gasteiger charge is 2.16. The minimum absolute atomic E-state index is 0.454. The van der Waals surface area contributed by atoms with Crippen LogP contribution in [0.2, 0.25) is 0 Å². The van der Waals surface area contributed by atoms with Crippen LogP contribution >= 0.6 is 0 Å². The van der Waals surface area contributed by atoms with Crippen molar-refractivity contribution in [3.05, 3.63) is 79.0 Å². The highest BCUT2D eigenvalue weighted by Crippen LogP contribution is 2.32. The maximum absolute atomic E-state index is 13.8. The average molecular weight is 375 g/mol. The van der Waals surface area contributed by atoms with E-state index in [-0.39, 0.29) is 0 Å². The van der Waals surface area contributed by atoms with Gasteiger partial charge >= 0.3 is 0 Å². The zero-order valence-corrected chi connectivity index (χ0v) is 14.2. The summed E-state index contributed by atoms with van der Waals surface area (Å²) in [5, 5.41) is 16.7. The van der Waals surface area contributed by atoms with Gasteiger partial charge in [0, 0.05) is 29.7 Å². The van der Waals surface area contributed by atoms with Crippen LogP contribution in [0.3, 0.4) is 0 Å². The van der Waals surface area contributed by atoms with E-state index in [1.807, 2.05) is 12.1 Å². The third kappa shape index (κ3) is 2.69. The van der Waals surface area contributed by atoms with E-state index >= 15 is 0 Å². The summed E-state index contributed by atoms with van der Waals surface area (Å²) < 4.78 is 30.3. The predicted octanol–water partition coefficient (Wildman–Crippen LogP) is 3.32. The van der Waals surface area contributed by atoms with Crippen molar-refractivity contribution in [2.24, 2.45) is 0 Å². The fourth-order valence-corrected chi connectivity index (χ4v) is 2.93. The molecule has 0 aliphatic rings.